The van der Waals surface area contributed by atoms with Crippen molar-refractivity contribution in [2.75, 3.05) is 19.0 Å². The third-order valence-electron chi connectivity index (χ3n) is 4.04. The highest BCUT2D eigenvalue weighted by molar-refractivity contribution is 7.99. The van der Waals surface area contributed by atoms with Crippen molar-refractivity contribution in [2.45, 2.75) is 18.6 Å². The number of hydrogen-bond acceptors (Lipinski definition) is 7. The number of carbonyl (C=O) groups is 2. The van der Waals surface area contributed by atoms with Crippen molar-refractivity contribution >= 4 is 35.3 Å². The zero-order valence-electron chi connectivity index (χ0n) is 16.3. The van der Waals surface area contributed by atoms with Gasteiger partial charge in [0, 0.05) is 17.1 Å². The molecule has 0 N–H and O–H groups in total. The second-order valence-corrected chi connectivity index (χ2v) is 7.45. The van der Waals surface area contributed by atoms with E-state index in [9.17, 15) is 9.59 Å². The smallest absolute Gasteiger partial charge is 0.338 e. The van der Waals surface area contributed by atoms with Crippen LogP contribution >= 0.6 is 23.4 Å². The van der Waals surface area contributed by atoms with Gasteiger partial charge in [-0.3, -0.25) is 4.79 Å². The summed E-state index contributed by atoms with van der Waals surface area (Å²) < 4.78 is 12.1. The van der Waals surface area contributed by atoms with Gasteiger partial charge in [0.15, 0.2) is 11.0 Å². The molecular weight excluding hydrogens is 426 g/mol. The molecule has 156 valence electrons. The summed E-state index contributed by atoms with van der Waals surface area (Å²) >= 11 is 7.18. The van der Waals surface area contributed by atoms with E-state index in [1.165, 1.54) is 11.8 Å². The lowest BCUT2D eigenvalue weighted by Crippen LogP contribution is -2.15. The predicted octanol–water partition coefficient (Wildman–Crippen LogP) is 4.11. The first-order chi connectivity index (χ1) is 14.6. The van der Waals surface area contributed by atoms with Gasteiger partial charge in [0.2, 0.25) is 0 Å². The Morgan fingerprint density at radius 2 is 1.70 bits per heavy atom. The van der Waals surface area contributed by atoms with Crippen LogP contribution in [0.3, 0.4) is 0 Å². The first-order valence-corrected chi connectivity index (χ1v) is 10.6. The fraction of sp³-hybridized carbons (Fsp3) is 0.238. The van der Waals surface area contributed by atoms with Crippen LogP contribution in [-0.4, -0.2) is 45.7 Å². The van der Waals surface area contributed by atoms with Gasteiger partial charge >= 0.3 is 11.9 Å². The summed E-state index contributed by atoms with van der Waals surface area (Å²) in [5.74, 6) is -0.0927. The number of rotatable bonds is 9. The Labute approximate surface area is 183 Å². The summed E-state index contributed by atoms with van der Waals surface area (Å²) in [6.07, 6.45) is 0. The maximum atomic E-state index is 12.0. The number of benzene rings is 2. The van der Waals surface area contributed by atoms with E-state index in [-0.39, 0.29) is 19.0 Å². The number of nitrogens with zero attached hydrogens (tertiary/aromatic N) is 3. The first kappa shape index (κ1) is 21.9. The lowest BCUT2D eigenvalue weighted by Gasteiger charge is -2.08. The molecule has 0 spiro atoms. The van der Waals surface area contributed by atoms with E-state index in [2.05, 4.69) is 10.2 Å². The van der Waals surface area contributed by atoms with Gasteiger partial charge in [-0.25, -0.2) is 4.79 Å². The number of thioether (sulfide) groups is 1. The molecule has 0 fully saturated rings. The van der Waals surface area contributed by atoms with E-state index >= 15 is 0 Å². The molecule has 3 rings (SSSR count). The third kappa shape index (κ3) is 5.84. The third-order valence-corrected chi connectivity index (χ3v) is 5.24. The molecule has 9 heteroatoms. The quantitative estimate of drug-likeness (QED) is 0.278. The van der Waals surface area contributed by atoms with Gasteiger partial charge in [-0.05, 0) is 43.3 Å². The Bertz CT molecular complexity index is 993. The molecule has 30 heavy (non-hydrogen) atoms. The zero-order valence-corrected chi connectivity index (χ0v) is 17.9. The Balaban J connectivity index is 1.45. The van der Waals surface area contributed by atoms with Crippen molar-refractivity contribution in [2.24, 2.45) is 0 Å². The van der Waals surface area contributed by atoms with Crippen molar-refractivity contribution in [3.05, 3.63) is 65.2 Å². The van der Waals surface area contributed by atoms with Crippen LogP contribution < -0.4 is 0 Å². The van der Waals surface area contributed by atoms with Crippen molar-refractivity contribution in [3.8, 4) is 11.4 Å². The highest BCUT2D eigenvalue weighted by atomic mass is 35.5. The van der Waals surface area contributed by atoms with Crippen LogP contribution in [0, 0.1) is 0 Å². The van der Waals surface area contributed by atoms with E-state index in [4.69, 9.17) is 21.1 Å². The minimum Gasteiger partial charge on any atom is -0.461 e. The van der Waals surface area contributed by atoms with Gasteiger partial charge in [0.25, 0.3) is 0 Å². The van der Waals surface area contributed by atoms with Crippen LogP contribution in [0.1, 0.15) is 17.3 Å². The zero-order chi connectivity index (χ0) is 21.3. The highest BCUT2D eigenvalue weighted by Gasteiger charge is 2.15. The van der Waals surface area contributed by atoms with E-state index in [0.717, 1.165) is 5.56 Å². The molecule has 1 heterocycles. The lowest BCUT2D eigenvalue weighted by atomic mass is 10.2. The maximum Gasteiger partial charge on any atom is 0.338 e. The number of ether oxygens (including phenoxy) is 2. The molecule has 0 aliphatic carbocycles. The second kappa shape index (κ2) is 10.8. The summed E-state index contributed by atoms with van der Waals surface area (Å²) in [5.41, 5.74) is 1.35. The van der Waals surface area contributed by atoms with Gasteiger partial charge in [0.05, 0.1) is 11.3 Å². The number of hydrogen-bond donors (Lipinski definition) is 0. The van der Waals surface area contributed by atoms with Crippen molar-refractivity contribution in [3.63, 3.8) is 0 Å². The second-order valence-electron chi connectivity index (χ2n) is 6.07. The van der Waals surface area contributed by atoms with Crippen LogP contribution in [0.5, 0.6) is 0 Å². The number of esters is 2. The fourth-order valence-electron chi connectivity index (χ4n) is 2.61. The standard InChI is InChI=1S/C21H20ClN3O4S/c1-2-25-19(15-8-10-17(22)11-9-15)23-24-21(25)30-14-18(26)28-12-13-29-20(27)16-6-4-3-5-7-16/h3-11H,2,12-14H2,1H3. The Morgan fingerprint density at radius 3 is 2.40 bits per heavy atom. The van der Waals surface area contributed by atoms with Crippen LogP contribution in [0.15, 0.2) is 59.8 Å². The van der Waals surface area contributed by atoms with Gasteiger partial charge in [-0.2, -0.15) is 0 Å². The molecule has 0 saturated carbocycles. The summed E-state index contributed by atoms with van der Waals surface area (Å²) in [4.78, 5) is 23.8. The SMILES string of the molecule is CCn1c(SCC(=O)OCCOC(=O)c2ccccc2)nnc1-c1ccc(Cl)cc1. The molecule has 0 atom stereocenters. The van der Waals surface area contributed by atoms with Crippen LogP contribution in [-0.2, 0) is 20.8 Å². The molecule has 0 radical (unpaired) electrons. The number of halogens is 1. The number of carbonyl (C=O) groups excluding carboxylic acids is 2. The maximum absolute atomic E-state index is 12.0. The van der Waals surface area contributed by atoms with Gasteiger partial charge in [-0.1, -0.05) is 41.6 Å². The predicted molar refractivity (Wildman–Crippen MR) is 115 cm³/mol. The molecule has 2 aromatic carbocycles. The van der Waals surface area contributed by atoms with E-state index in [1.54, 1.807) is 36.4 Å². The Hall–Kier alpha value is -2.84. The molecule has 0 amide bonds. The summed E-state index contributed by atoms with van der Waals surface area (Å²) in [6, 6.07) is 16.0. The molecule has 0 saturated heterocycles. The number of aromatic nitrogens is 3. The van der Waals surface area contributed by atoms with E-state index < -0.39 is 11.9 Å². The normalized spacial score (nSPS) is 10.6. The highest BCUT2D eigenvalue weighted by Crippen LogP contribution is 2.25. The Morgan fingerprint density at radius 1 is 1.00 bits per heavy atom. The van der Waals surface area contributed by atoms with Crippen molar-refractivity contribution in [1.82, 2.24) is 14.8 Å². The molecule has 0 aliphatic rings. The van der Waals surface area contributed by atoms with Crippen LogP contribution in [0.25, 0.3) is 11.4 Å². The summed E-state index contributed by atoms with van der Waals surface area (Å²) in [5, 5.41) is 9.67. The van der Waals surface area contributed by atoms with Gasteiger partial charge in [0.1, 0.15) is 13.2 Å². The molecule has 0 unspecified atom stereocenters. The van der Waals surface area contributed by atoms with Gasteiger partial charge < -0.3 is 14.0 Å². The van der Waals surface area contributed by atoms with Crippen LogP contribution in [0.2, 0.25) is 5.02 Å². The molecular formula is C21H20ClN3O4S. The van der Waals surface area contributed by atoms with Crippen molar-refractivity contribution < 1.29 is 19.1 Å². The molecule has 0 bridgehead atoms. The summed E-state index contributed by atoms with van der Waals surface area (Å²) in [7, 11) is 0. The minimum atomic E-state index is -0.452. The minimum absolute atomic E-state index is 0.00398. The molecule has 3 aromatic rings. The lowest BCUT2D eigenvalue weighted by molar-refractivity contribution is -0.141. The average molecular weight is 446 g/mol. The van der Waals surface area contributed by atoms with Gasteiger partial charge in [-0.15, -0.1) is 10.2 Å². The van der Waals surface area contributed by atoms with Crippen molar-refractivity contribution in [1.29, 1.82) is 0 Å². The average Bonchev–Trinajstić information content (AvgIpc) is 3.19. The Kier molecular flexibility index (Phi) is 7.87. The molecule has 7 nitrogen and oxygen atoms in total. The molecule has 0 aliphatic heterocycles. The summed E-state index contributed by atoms with van der Waals surface area (Å²) in [6.45, 7) is 2.62. The van der Waals surface area contributed by atoms with Crippen LogP contribution in [0.4, 0.5) is 0 Å². The first-order valence-electron chi connectivity index (χ1n) is 9.28. The van der Waals surface area contributed by atoms with E-state index in [0.29, 0.717) is 28.1 Å². The molecule has 1 aromatic heterocycles. The monoisotopic (exact) mass is 445 g/mol. The largest absolute Gasteiger partial charge is 0.461 e. The fourth-order valence-corrected chi connectivity index (χ4v) is 3.53. The topological polar surface area (TPSA) is 83.3 Å². The van der Waals surface area contributed by atoms with E-state index in [1.807, 2.05) is 29.7 Å².